The minimum absolute atomic E-state index is 0.00418. The lowest BCUT2D eigenvalue weighted by molar-refractivity contribution is 0.281. The Morgan fingerprint density at radius 2 is 2.00 bits per heavy atom. The number of hydrogen-bond acceptors (Lipinski definition) is 5. The molecule has 0 fully saturated rings. The molecule has 0 saturated heterocycles. The molecule has 0 aliphatic heterocycles. The molecule has 0 amide bonds. The summed E-state index contributed by atoms with van der Waals surface area (Å²) in [6.45, 7) is 0.860. The fraction of sp³-hybridized carbons (Fsp3) is 0.400. The molecule has 0 radical (unpaired) electrons. The number of anilines is 1. The Morgan fingerprint density at radius 1 is 1.33 bits per heavy atom. The van der Waals surface area contributed by atoms with Gasteiger partial charge in [-0.25, -0.2) is 4.98 Å². The molecule has 0 atom stereocenters. The van der Waals surface area contributed by atoms with Gasteiger partial charge in [-0.15, -0.1) is 0 Å². The molecule has 1 aromatic rings. The van der Waals surface area contributed by atoms with Crippen LogP contribution in [0.15, 0.2) is 18.3 Å². The SMILES string of the molecule is N#Cc1cc(N(CCO)CCO)ccn1. The van der Waals surface area contributed by atoms with Crippen molar-refractivity contribution in [2.45, 2.75) is 0 Å². The number of nitrogens with zero attached hydrogens (tertiary/aromatic N) is 3. The summed E-state index contributed by atoms with van der Waals surface area (Å²) in [7, 11) is 0. The van der Waals surface area contributed by atoms with E-state index in [9.17, 15) is 0 Å². The molecule has 2 N–H and O–H groups in total. The monoisotopic (exact) mass is 207 g/mol. The molecule has 0 aliphatic rings. The van der Waals surface area contributed by atoms with Gasteiger partial charge < -0.3 is 15.1 Å². The molecule has 1 rings (SSSR count). The summed E-state index contributed by atoms with van der Waals surface area (Å²) >= 11 is 0. The van der Waals surface area contributed by atoms with Crippen LogP contribution in [-0.4, -0.2) is 41.5 Å². The number of aromatic nitrogens is 1. The summed E-state index contributed by atoms with van der Waals surface area (Å²) in [5.74, 6) is 0. The summed E-state index contributed by atoms with van der Waals surface area (Å²) in [5.41, 5.74) is 1.11. The summed E-state index contributed by atoms with van der Waals surface area (Å²) in [5, 5.41) is 26.4. The van der Waals surface area contributed by atoms with E-state index in [0.29, 0.717) is 18.8 Å². The van der Waals surface area contributed by atoms with Gasteiger partial charge in [-0.2, -0.15) is 5.26 Å². The molecular weight excluding hydrogens is 194 g/mol. The third-order valence-electron chi connectivity index (χ3n) is 1.96. The van der Waals surface area contributed by atoms with Crippen molar-refractivity contribution in [1.82, 2.24) is 4.98 Å². The van der Waals surface area contributed by atoms with Crippen molar-refractivity contribution in [3.63, 3.8) is 0 Å². The number of aliphatic hydroxyl groups is 2. The Balaban J connectivity index is 2.85. The van der Waals surface area contributed by atoms with Crippen LogP contribution in [0.4, 0.5) is 5.69 Å². The Morgan fingerprint density at radius 3 is 2.53 bits per heavy atom. The van der Waals surface area contributed by atoms with Gasteiger partial charge in [0, 0.05) is 25.0 Å². The molecular formula is C10H13N3O2. The fourth-order valence-corrected chi connectivity index (χ4v) is 1.29. The number of pyridine rings is 1. The standard InChI is InChI=1S/C10H13N3O2/c11-8-9-7-10(1-2-12-9)13(3-5-14)4-6-15/h1-2,7,14-15H,3-6H2. The smallest absolute Gasteiger partial charge is 0.142 e. The maximum Gasteiger partial charge on any atom is 0.142 e. The van der Waals surface area contributed by atoms with E-state index in [1.54, 1.807) is 17.0 Å². The molecule has 15 heavy (non-hydrogen) atoms. The molecule has 0 spiro atoms. The molecule has 0 unspecified atom stereocenters. The summed E-state index contributed by atoms with van der Waals surface area (Å²) in [4.78, 5) is 5.64. The molecule has 0 aliphatic carbocycles. The fourth-order valence-electron chi connectivity index (χ4n) is 1.29. The van der Waals surface area contributed by atoms with Gasteiger partial charge in [-0.05, 0) is 12.1 Å². The minimum atomic E-state index is 0.00418. The number of rotatable bonds is 5. The second-order valence-electron chi connectivity index (χ2n) is 2.95. The normalized spacial score (nSPS) is 9.67. The average Bonchev–Trinajstić information content (AvgIpc) is 2.29. The third-order valence-corrected chi connectivity index (χ3v) is 1.96. The molecule has 0 bridgehead atoms. The molecule has 5 nitrogen and oxygen atoms in total. The van der Waals surface area contributed by atoms with Crippen molar-refractivity contribution in [2.24, 2.45) is 0 Å². The first kappa shape index (κ1) is 11.4. The summed E-state index contributed by atoms with van der Waals surface area (Å²) < 4.78 is 0. The van der Waals surface area contributed by atoms with E-state index in [1.165, 1.54) is 6.20 Å². The molecule has 1 aromatic heterocycles. The molecule has 0 aromatic carbocycles. The maximum atomic E-state index is 8.85. The second-order valence-corrected chi connectivity index (χ2v) is 2.95. The summed E-state index contributed by atoms with van der Waals surface area (Å²) in [6, 6.07) is 5.32. The van der Waals surface area contributed by atoms with Gasteiger partial charge in [0.15, 0.2) is 0 Å². The first-order valence-electron chi connectivity index (χ1n) is 4.64. The lowest BCUT2D eigenvalue weighted by Gasteiger charge is -2.22. The molecule has 1 heterocycles. The van der Waals surface area contributed by atoms with Crippen LogP contribution in [0.1, 0.15) is 5.69 Å². The van der Waals surface area contributed by atoms with E-state index in [0.717, 1.165) is 5.69 Å². The topological polar surface area (TPSA) is 80.4 Å². The van der Waals surface area contributed by atoms with Crippen LogP contribution < -0.4 is 4.90 Å². The van der Waals surface area contributed by atoms with E-state index in [-0.39, 0.29) is 13.2 Å². The van der Waals surface area contributed by atoms with Crippen molar-refractivity contribution in [2.75, 3.05) is 31.2 Å². The summed E-state index contributed by atoms with van der Waals surface area (Å²) in [6.07, 6.45) is 1.54. The molecule has 80 valence electrons. The van der Waals surface area contributed by atoms with Crippen LogP contribution in [-0.2, 0) is 0 Å². The highest BCUT2D eigenvalue weighted by atomic mass is 16.3. The Kier molecular flexibility index (Phi) is 4.54. The van der Waals surface area contributed by atoms with Gasteiger partial charge in [0.2, 0.25) is 0 Å². The van der Waals surface area contributed by atoms with Crippen molar-refractivity contribution >= 4 is 5.69 Å². The number of nitriles is 1. The van der Waals surface area contributed by atoms with E-state index in [2.05, 4.69) is 4.98 Å². The first-order valence-corrected chi connectivity index (χ1v) is 4.64. The highest BCUT2D eigenvalue weighted by Crippen LogP contribution is 2.13. The van der Waals surface area contributed by atoms with Gasteiger partial charge in [-0.1, -0.05) is 0 Å². The zero-order chi connectivity index (χ0) is 11.1. The van der Waals surface area contributed by atoms with Crippen LogP contribution in [0.3, 0.4) is 0 Å². The van der Waals surface area contributed by atoms with E-state index in [1.807, 2.05) is 6.07 Å². The van der Waals surface area contributed by atoms with Crippen LogP contribution in [0, 0.1) is 11.3 Å². The van der Waals surface area contributed by atoms with Gasteiger partial charge in [0.25, 0.3) is 0 Å². The zero-order valence-corrected chi connectivity index (χ0v) is 8.30. The predicted octanol–water partition coefficient (Wildman–Crippen LogP) is -0.256. The number of hydrogen-bond donors (Lipinski definition) is 2. The Labute approximate surface area is 88.2 Å². The predicted molar refractivity (Wildman–Crippen MR) is 55.3 cm³/mol. The van der Waals surface area contributed by atoms with E-state index < -0.39 is 0 Å². The van der Waals surface area contributed by atoms with Gasteiger partial charge in [-0.3, -0.25) is 0 Å². The largest absolute Gasteiger partial charge is 0.395 e. The number of aliphatic hydroxyl groups excluding tert-OH is 2. The molecule has 0 saturated carbocycles. The van der Waals surface area contributed by atoms with Crippen molar-refractivity contribution in [3.05, 3.63) is 24.0 Å². The zero-order valence-electron chi connectivity index (χ0n) is 8.30. The highest BCUT2D eigenvalue weighted by molar-refractivity contribution is 5.48. The van der Waals surface area contributed by atoms with Gasteiger partial charge >= 0.3 is 0 Å². The molecule has 5 heteroatoms. The van der Waals surface area contributed by atoms with Crippen molar-refractivity contribution in [3.8, 4) is 6.07 Å². The quantitative estimate of drug-likeness (QED) is 0.695. The maximum absolute atomic E-state index is 8.85. The van der Waals surface area contributed by atoms with Crippen LogP contribution in [0.5, 0.6) is 0 Å². The minimum Gasteiger partial charge on any atom is -0.395 e. The van der Waals surface area contributed by atoms with Gasteiger partial charge in [0.1, 0.15) is 11.8 Å². The third kappa shape index (κ3) is 3.20. The van der Waals surface area contributed by atoms with Gasteiger partial charge in [0.05, 0.1) is 13.2 Å². The highest BCUT2D eigenvalue weighted by Gasteiger charge is 2.05. The first-order chi connectivity index (χ1) is 7.31. The van der Waals surface area contributed by atoms with Crippen LogP contribution in [0.25, 0.3) is 0 Å². The Bertz CT molecular complexity index is 343. The second kappa shape index (κ2) is 5.96. The van der Waals surface area contributed by atoms with Crippen LogP contribution in [0.2, 0.25) is 0 Å². The lowest BCUT2D eigenvalue weighted by Crippen LogP contribution is -2.29. The van der Waals surface area contributed by atoms with Crippen LogP contribution >= 0.6 is 0 Å². The van der Waals surface area contributed by atoms with Crippen molar-refractivity contribution in [1.29, 1.82) is 5.26 Å². The lowest BCUT2D eigenvalue weighted by atomic mass is 10.3. The Hall–Kier alpha value is -1.64. The van der Waals surface area contributed by atoms with E-state index >= 15 is 0 Å². The van der Waals surface area contributed by atoms with E-state index in [4.69, 9.17) is 15.5 Å². The average molecular weight is 207 g/mol. The van der Waals surface area contributed by atoms with Crippen molar-refractivity contribution < 1.29 is 10.2 Å².